The van der Waals surface area contributed by atoms with Crippen LogP contribution in [0.3, 0.4) is 0 Å². The van der Waals surface area contributed by atoms with Crippen molar-refractivity contribution in [3.8, 4) is 12.3 Å². The van der Waals surface area contributed by atoms with Crippen molar-refractivity contribution in [1.82, 2.24) is 4.90 Å². The minimum atomic E-state index is -0.971. The summed E-state index contributed by atoms with van der Waals surface area (Å²) in [5, 5.41) is 0. The number of aliphatic imine (C=N–C) groups is 1. The molecule has 0 aliphatic carbocycles. The van der Waals surface area contributed by atoms with E-state index in [-0.39, 0.29) is 5.88 Å². The van der Waals surface area contributed by atoms with E-state index in [1.54, 1.807) is 18.7 Å². The van der Waals surface area contributed by atoms with E-state index in [4.69, 9.17) is 11.2 Å². The average molecular weight is 240 g/mol. The molecule has 0 amide bonds. The number of allylic oxidation sites excluding steroid dienone is 1. The van der Waals surface area contributed by atoms with Gasteiger partial charge >= 0.3 is 0 Å². The van der Waals surface area contributed by atoms with Crippen LogP contribution in [-0.4, -0.2) is 31.9 Å². The number of nitrogens with zero attached hydrogens (tertiary/aromatic N) is 2. The standard InChI is InChI=1S/C13H21FN2O/c1-8-13(4,9-2)11(14)12(17-7)15-10(3)16(5)6/h1H,9H2,2-7H3/b12-11-,15-10?/t13-/m1/s1. The first kappa shape index (κ1) is 15.5. The number of rotatable bonds is 4. The van der Waals surface area contributed by atoms with E-state index < -0.39 is 11.2 Å². The topological polar surface area (TPSA) is 24.8 Å². The van der Waals surface area contributed by atoms with E-state index >= 15 is 0 Å². The van der Waals surface area contributed by atoms with Crippen LogP contribution in [-0.2, 0) is 4.74 Å². The molecule has 3 nitrogen and oxygen atoms in total. The van der Waals surface area contributed by atoms with E-state index in [1.807, 2.05) is 21.0 Å². The molecule has 0 heterocycles. The molecule has 0 aliphatic rings. The summed E-state index contributed by atoms with van der Waals surface area (Å²) in [7, 11) is 5.03. The fraction of sp³-hybridized carbons (Fsp3) is 0.615. The summed E-state index contributed by atoms with van der Waals surface area (Å²) in [6.07, 6.45) is 5.85. The Morgan fingerprint density at radius 3 is 2.35 bits per heavy atom. The van der Waals surface area contributed by atoms with Crippen molar-refractivity contribution in [3.05, 3.63) is 11.7 Å². The van der Waals surface area contributed by atoms with Gasteiger partial charge in [0, 0.05) is 14.1 Å². The van der Waals surface area contributed by atoms with Crippen LogP contribution in [0, 0.1) is 17.8 Å². The molecule has 0 aromatic carbocycles. The molecular weight excluding hydrogens is 219 g/mol. The molecule has 0 aliphatic heterocycles. The van der Waals surface area contributed by atoms with Gasteiger partial charge in [0.2, 0.25) is 5.88 Å². The SMILES string of the molecule is C#C[C@](C)(CC)/C(F)=C(\N=C(C)N(C)C)OC. The van der Waals surface area contributed by atoms with E-state index in [1.165, 1.54) is 7.11 Å². The number of ether oxygens (including phenoxy) is 1. The van der Waals surface area contributed by atoms with Gasteiger partial charge in [-0.05, 0) is 20.3 Å². The summed E-state index contributed by atoms with van der Waals surface area (Å²) in [5.41, 5.74) is -0.971. The molecule has 0 saturated carbocycles. The lowest BCUT2D eigenvalue weighted by atomic mass is 9.87. The lowest BCUT2D eigenvalue weighted by molar-refractivity contribution is 0.247. The number of halogens is 1. The van der Waals surface area contributed by atoms with Crippen molar-refractivity contribution < 1.29 is 9.13 Å². The second kappa shape index (κ2) is 6.29. The normalized spacial score (nSPS) is 16.7. The van der Waals surface area contributed by atoms with E-state index in [2.05, 4.69) is 10.9 Å². The van der Waals surface area contributed by atoms with Gasteiger partial charge in [0.05, 0.1) is 12.5 Å². The molecule has 0 radical (unpaired) electrons. The molecule has 0 spiro atoms. The molecular formula is C13H21FN2O. The Balaban J connectivity index is 5.51. The molecule has 0 aromatic heterocycles. The number of amidine groups is 1. The third-order valence-electron chi connectivity index (χ3n) is 2.80. The third kappa shape index (κ3) is 3.77. The Bertz CT molecular complexity index is 366. The Hall–Kier alpha value is -1.50. The largest absolute Gasteiger partial charge is 0.479 e. The van der Waals surface area contributed by atoms with Crippen molar-refractivity contribution >= 4 is 5.84 Å². The lowest BCUT2D eigenvalue weighted by Crippen LogP contribution is -2.20. The second-order valence-electron chi connectivity index (χ2n) is 4.21. The monoisotopic (exact) mass is 240 g/mol. The fourth-order valence-electron chi connectivity index (χ4n) is 0.988. The maximum absolute atomic E-state index is 14.2. The summed E-state index contributed by atoms with van der Waals surface area (Å²) >= 11 is 0. The number of hydrogen-bond acceptors (Lipinski definition) is 2. The van der Waals surface area contributed by atoms with Crippen molar-refractivity contribution in [3.63, 3.8) is 0 Å². The second-order valence-corrected chi connectivity index (χ2v) is 4.21. The minimum Gasteiger partial charge on any atom is -0.479 e. The summed E-state index contributed by atoms with van der Waals surface area (Å²) in [5.74, 6) is 2.53. The van der Waals surface area contributed by atoms with E-state index in [0.717, 1.165) is 0 Å². The van der Waals surface area contributed by atoms with E-state index in [9.17, 15) is 4.39 Å². The van der Waals surface area contributed by atoms with Gasteiger partial charge in [0.25, 0.3) is 0 Å². The molecule has 0 aromatic rings. The molecule has 17 heavy (non-hydrogen) atoms. The first-order valence-electron chi connectivity index (χ1n) is 5.47. The lowest BCUT2D eigenvalue weighted by Gasteiger charge is -2.21. The van der Waals surface area contributed by atoms with Gasteiger partial charge < -0.3 is 9.64 Å². The zero-order chi connectivity index (χ0) is 13.6. The van der Waals surface area contributed by atoms with Gasteiger partial charge in [-0.1, -0.05) is 12.8 Å². The van der Waals surface area contributed by atoms with Crippen LogP contribution in [0.15, 0.2) is 16.7 Å². The van der Waals surface area contributed by atoms with Crippen LogP contribution >= 0.6 is 0 Å². The zero-order valence-electron chi connectivity index (χ0n) is 11.5. The molecule has 0 unspecified atom stereocenters. The van der Waals surface area contributed by atoms with Gasteiger partial charge in [-0.2, -0.15) is 4.99 Å². The predicted octanol–water partition coefficient (Wildman–Crippen LogP) is 2.80. The van der Waals surface area contributed by atoms with Crippen LogP contribution < -0.4 is 0 Å². The Morgan fingerprint density at radius 1 is 1.53 bits per heavy atom. The van der Waals surface area contributed by atoms with Gasteiger partial charge in [-0.15, -0.1) is 6.42 Å². The highest BCUT2D eigenvalue weighted by atomic mass is 19.1. The quantitative estimate of drug-likeness (QED) is 0.327. The average Bonchev–Trinajstić information content (AvgIpc) is 2.33. The summed E-state index contributed by atoms with van der Waals surface area (Å²) in [4.78, 5) is 5.86. The van der Waals surface area contributed by atoms with Crippen molar-refractivity contribution in [2.75, 3.05) is 21.2 Å². The van der Waals surface area contributed by atoms with Gasteiger partial charge in [-0.3, -0.25) is 0 Å². The summed E-state index contributed by atoms with van der Waals surface area (Å²) in [6, 6.07) is 0. The molecule has 0 N–H and O–H groups in total. The number of terminal acetylenes is 1. The third-order valence-corrected chi connectivity index (χ3v) is 2.80. The van der Waals surface area contributed by atoms with Crippen LogP contribution in [0.2, 0.25) is 0 Å². The summed E-state index contributed by atoms with van der Waals surface area (Å²) < 4.78 is 19.2. The Kier molecular flexibility index (Phi) is 5.73. The first-order chi connectivity index (χ1) is 7.82. The molecule has 0 saturated heterocycles. The van der Waals surface area contributed by atoms with Gasteiger partial charge in [-0.25, -0.2) is 4.39 Å². The van der Waals surface area contributed by atoms with Crippen molar-refractivity contribution in [2.45, 2.75) is 27.2 Å². The van der Waals surface area contributed by atoms with Gasteiger partial charge in [0.1, 0.15) is 5.84 Å². The highest BCUT2D eigenvalue weighted by Gasteiger charge is 2.29. The smallest absolute Gasteiger partial charge is 0.249 e. The highest BCUT2D eigenvalue weighted by Crippen LogP contribution is 2.33. The maximum atomic E-state index is 14.2. The van der Waals surface area contributed by atoms with Crippen molar-refractivity contribution in [1.29, 1.82) is 0 Å². The van der Waals surface area contributed by atoms with Crippen LogP contribution in [0.25, 0.3) is 0 Å². The zero-order valence-corrected chi connectivity index (χ0v) is 11.5. The molecule has 0 fully saturated rings. The molecule has 96 valence electrons. The Morgan fingerprint density at radius 2 is 2.06 bits per heavy atom. The summed E-state index contributed by atoms with van der Waals surface area (Å²) in [6.45, 7) is 5.25. The molecule has 0 rings (SSSR count). The molecule has 4 heteroatoms. The number of hydrogen-bond donors (Lipinski definition) is 0. The first-order valence-corrected chi connectivity index (χ1v) is 5.47. The predicted molar refractivity (Wildman–Crippen MR) is 69.2 cm³/mol. The van der Waals surface area contributed by atoms with Gasteiger partial charge in [0.15, 0.2) is 5.83 Å². The molecule has 0 bridgehead atoms. The highest BCUT2D eigenvalue weighted by molar-refractivity contribution is 5.80. The van der Waals surface area contributed by atoms with Crippen LogP contribution in [0.1, 0.15) is 27.2 Å². The fourth-order valence-corrected chi connectivity index (χ4v) is 0.988. The minimum absolute atomic E-state index is 0.0569. The van der Waals surface area contributed by atoms with Crippen LogP contribution in [0.4, 0.5) is 4.39 Å². The Labute approximate surface area is 103 Å². The molecule has 1 atom stereocenters. The van der Waals surface area contributed by atoms with Crippen LogP contribution in [0.5, 0.6) is 0 Å². The van der Waals surface area contributed by atoms with Crippen molar-refractivity contribution in [2.24, 2.45) is 10.4 Å². The van der Waals surface area contributed by atoms with E-state index in [0.29, 0.717) is 12.3 Å². The number of methoxy groups -OCH3 is 1. The maximum Gasteiger partial charge on any atom is 0.249 e.